The van der Waals surface area contributed by atoms with Crippen molar-refractivity contribution in [3.8, 4) is 0 Å². The van der Waals surface area contributed by atoms with Crippen LogP contribution < -0.4 is 4.90 Å². The van der Waals surface area contributed by atoms with Crippen molar-refractivity contribution in [3.05, 3.63) is 42.0 Å². The standard InChI is InChI=1S/C28H39N3O8/c1-28(2,3)39-26(34)10-16-36-18-20-38-21-19-37-17-15-29-11-13-30(14-12-29)27(35)22-4-6-23(7-5-22)31-24(32)8-9-25(31)33/h4-9H,10-21H2,1-3H3. The molecule has 11 nitrogen and oxygen atoms in total. The van der Waals surface area contributed by atoms with Crippen LogP contribution in [0.5, 0.6) is 0 Å². The maximum Gasteiger partial charge on any atom is 0.308 e. The molecule has 0 spiro atoms. The van der Waals surface area contributed by atoms with Crippen molar-refractivity contribution >= 4 is 29.4 Å². The molecule has 1 aromatic carbocycles. The Hall–Kier alpha value is -3.12. The van der Waals surface area contributed by atoms with E-state index in [1.807, 2.05) is 25.7 Å². The topological polar surface area (TPSA) is 115 Å². The molecule has 39 heavy (non-hydrogen) atoms. The van der Waals surface area contributed by atoms with Gasteiger partial charge in [-0.05, 0) is 45.0 Å². The lowest BCUT2D eigenvalue weighted by Crippen LogP contribution is -2.49. The summed E-state index contributed by atoms with van der Waals surface area (Å²) < 4.78 is 21.7. The quantitative estimate of drug-likeness (QED) is 0.196. The van der Waals surface area contributed by atoms with E-state index in [0.717, 1.165) is 24.5 Å². The van der Waals surface area contributed by atoms with Crippen LogP contribution in [0, 0.1) is 0 Å². The van der Waals surface area contributed by atoms with Gasteiger partial charge >= 0.3 is 5.97 Å². The van der Waals surface area contributed by atoms with Crippen LogP contribution in [0.4, 0.5) is 5.69 Å². The van der Waals surface area contributed by atoms with E-state index in [4.69, 9.17) is 18.9 Å². The van der Waals surface area contributed by atoms with E-state index in [0.29, 0.717) is 64.0 Å². The number of amides is 3. The number of ether oxygens (including phenoxy) is 4. The largest absolute Gasteiger partial charge is 0.460 e. The average Bonchev–Trinajstić information content (AvgIpc) is 3.23. The summed E-state index contributed by atoms with van der Waals surface area (Å²) in [6.07, 6.45) is 2.69. The van der Waals surface area contributed by atoms with Crippen molar-refractivity contribution in [3.63, 3.8) is 0 Å². The van der Waals surface area contributed by atoms with Crippen molar-refractivity contribution in [1.82, 2.24) is 9.80 Å². The predicted octanol–water partition coefficient (Wildman–Crippen LogP) is 1.66. The summed E-state index contributed by atoms with van der Waals surface area (Å²) in [4.78, 5) is 53.2. The molecule has 11 heteroatoms. The molecule has 0 bridgehead atoms. The highest BCUT2D eigenvalue weighted by molar-refractivity contribution is 6.28. The zero-order valence-electron chi connectivity index (χ0n) is 23.1. The molecule has 1 saturated heterocycles. The van der Waals surface area contributed by atoms with Gasteiger partial charge in [-0.3, -0.25) is 24.1 Å². The van der Waals surface area contributed by atoms with Crippen molar-refractivity contribution in [2.75, 3.05) is 77.3 Å². The minimum Gasteiger partial charge on any atom is -0.460 e. The summed E-state index contributed by atoms with van der Waals surface area (Å²) in [5, 5.41) is 0. The van der Waals surface area contributed by atoms with Crippen LogP contribution in [-0.2, 0) is 33.3 Å². The number of carbonyl (C=O) groups excluding carboxylic acids is 4. The van der Waals surface area contributed by atoms with Crippen LogP contribution in [0.1, 0.15) is 37.6 Å². The predicted molar refractivity (Wildman–Crippen MR) is 143 cm³/mol. The van der Waals surface area contributed by atoms with Crippen LogP contribution in [0.2, 0.25) is 0 Å². The molecule has 0 radical (unpaired) electrons. The van der Waals surface area contributed by atoms with Crippen molar-refractivity contribution in [2.24, 2.45) is 0 Å². The maximum atomic E-state index is 12.9. The molecule has 0 aromatic heterocycles. The molecule has 2 aliphatic rings. The molecule has 3 amide bonds. The lowest BCUT2D eigenvalue weighted by Gasteiger charge is -2.34. The molecule has 1 fully saturated rings. The molecular formula is C28H39N3O8. The Balaban J connectivity index is 1.20. The second-order valence-corrected chi connectivity index (χ2v) is 10.2. The van der Waals surface area contributed by atoms with Gasteiger partial charge in [0.05, 0.1) is 51.7 Å². The zero-order chi connectivity index (χ0) is 28.3. The van der Waals surface area contributed by atoms with Gasteiger partial charge in [0.2, 0.25) is 0 Å². The first-order chi connectivity index (χ1) is 18.6. The molecule has 2 heterocycles. The Labute approximate surface area is 229 Å². The molecule has 1 aromatic rings. The second kappa shape index (κ2) is 14.9. The number of benzene rings is 1. The lowest BCUT2D eigenvalue weighted by atomic mass is 10.1. The van der Waals surface area contributed by atoms with Crippen LogP contribution in [-0.4, -0.2) is 111 Å². The highest BCUT2D eigenvalue weighted by Crippen LogP contribution is 2.20. The normalized spacial score (nSPS) is 16.3. The highest BCUT2D eigenvalue weighted by Gasteiger charge is 2.26. The number of nitrogens with zero attached hydrogens (tertiary/aromatic N) is 3. The summed E-state index contributed by atoms with van der Waals surface area (Å²) in [6.45, 7) is 11.7. The van der Waals surface area contributed by atoms with Gasteiger partial charge in [-0.15, -0.1) is 0 Å². The maximum absolute atomic E-state index is 12.9. The minimum absolute atomic E-state index is 0.0689. The molecule has 214 valence electrons. The van der Waals surface area contributed by atoms with Crippen LogP contribution in [0.15, 0.2) is 36.4 Å². The molecule has 0 unspecified atom stereocenters. The number of piperazine rings is 1. The Morgan fingerprint density at radius 2 is 1.31 bits per heavy atom. The summed E-state index contributed by atoms with van der Waals surface area (Å²) in [7, 11) is 0. The Kier molecular flexibility index (Phi) is 11.6. The van der Waals surface area contributed by atoms with E-state index in [2.05, 4.69) is 4.90 Å². The fourth-order valence-electron chi connectivity index (χ4n) is 4.05. The van der Waals surface area contributed by atoms with Gasteiger partial charge in [0.25, 0.3) is 17.7 Å². The number of hydrogen-bond donors (Lipinski definition) is 0. The third-order valence-corrected chi connectivity index (χ3v) is 6.01. The molecule has 0 N–H and O–H groups in total. The van der Waals surface area contributed by atoms with Gasteiger partial charge in [-0.2, -0.15) is 0 Å². The van der Waals surface area contributed by atoms with Crippen molar-refractivity contribution in [2.45, 2.75) is 32.8 Å². The third-order valence-electron chi connectivity index (χ3n) is 6.01. The Bertz CT molecular complexity index is 993. The fourth-order valence-corrected chi connectivity index (χ4v) is 4.05. The van der Waals surface area contributed by atoms with Crippen LogP contribution >= 0.6 is 0 Å². The first-order valence-electron chi connectivity index (χ1n) is 13.3. The summed E-state index contributed by atoms with van der Waals surface area (Å²) in [6, 6.07) is 6.53. The molecule has 0 aliphatic carbocycles. The highest BCUT2D eigenvalue weighted by atomic mass is 16.6. The Morgan fingerprint density at radius 1 is 0.769 bits per heavy atom. The van der Waals surface area contributed by atoms with E-state index in [-0.39, 0.29) is 30.1 Å². The Morgan fingerprint density at radius 3 is 1.87 bits per heavy atom. The molecule has 0 atom stereocenters. The van der Waals surface area contributed by atoms with Gasteiger partial charge in [-0.1, -0.05) is 0 Å². The van der Waals surface area contributed by atoms with Gasteiger partial charge < -0.3 is 23.8 Å². The molecule has 0 saturated carbocycles. The summed E-state index contributed by atoms with van der Waals surface area (Å²) >= 11 is 0. The van der Waals surface area contributed by atoms with E-state index in [1.165, 1.54) is 12.2 Å². The van der Waals surface area contributed by atoms with Crippen molar-refractivity contribution in [1.29, 1.82) is 0 Å². The second-order valence-electron chi connectivity index (χ2n) is 10.2. The minimum atomic E-state index is -0.484. The smallest absolute Gasteiger partial charge is 0.308 e. The average molecular weight is 546 g/mol. The number of esters is 1. The lowest BCUT2D eigenvalue weighted by molar-refractivity contribution is -0.156. The van der Waals surface area contributed by atoms with Crippen molar-refractivity contribution < 1.29 is 38.1 Å². The monoisotopic (exact) mass is 545 g/mol. The third kappa shape index (κ3) is 10.2. The van der Waals surface area contributed by atoms with E-state index >= 15 is 0 Å². The van der Waals surface area contributed by atoms with Gasteiger partial charge in [0, 0.05) is 50.4 Å². The fraction of sp³-hybridized carbons (Fsp3) is 0.571. The summed E-state index contributed by atoms with van der Waals surface area (Å²) in [5.41, 5.74) is 0.490. The number of carbonyl (C=O) groups is 4. The summed E-state index contributed by atoms with van der Waals surface area (Å²) in [5.74, 6) is -1.11. The number of imide groups is 1. The van der Waals surface area contributed by atoms with Crippen LogP contribution in [0.25, 0.3) is 0 Å². The molecule has 3 rings (SSSR count). The van der Waals surface area contributed by atoms with Gasteiger partial charge in [-0.25, -0.2) is 4.90 Å². The first kappa shape index (κ1) is 30.4. The van der Waals surface area contributed by atoms with E-state index in [9.17, 15) is 19.2 Å². The van der Waals surface area contributed by atoms with E-state index in [1.54, 1.807) is 24.3 Å². The van der Waals surface area contributed by atoms with Crippen LogP contribution in [0.3, 0.4) is 0 Å². The van der Waals surface area contributed by atoms with Gasteiger partial charge in [0.1, 0.15) is 5.60 Å². The van der Waals surface area contributed by atoms with E-state index < -0.39 is 5.60 Å². The number of hydrogen-bond acceptors (Lipinski definition) is 9. The first-order valence-corrected chi connectivity index (χ1v) is 13.3. The molecular weight excluding hydrogens is 506 g/mol. The SMILES string of the molecule is CC(C)(C)OC(=O)CCOCCOCCOCCN1CCN(C(=O)c2ccc(N3C(=O)C=CC3=O)cc2)CC1. The zero-order valence-corrected chi connectivity index (χ0v) is 23.1. The number of rotatable bonds is 14. The van der Waals surface area contributed by atoms with Gasteiger partial charge in [0.15, 0.2) is 0 Å². The number of anilines is 1. The molecule has 2 aliphatic heterocycles.